The number of aliphatic imine (C=N–C) groups is 1. The fraction of sp³-hybridized carbons (Fsp3) is 0.250. The number of nitrogens with zero attached hydrogens (tertiary/aromatic N) is 1. The number of ether oxygens (including phenoxy) is 2. The second kappa shape index (κ2) is 8.54. The largest absolute Gasteiger partial charge is 0.490 e. The van der Waals surface area contributed by atoms with Crippen LogP contribution in [0.4, 0.5) is 0 Å². The van der Waals surface area contributed by atoms with Crippen molar-refractivity contribution in [1.82, 2.24) is 5.32 Å². The molecule has 0 aliphatic carbocycles. The summed E-state index contributed by atoms with van der Waals surface area (Å²) in [5, 5.41) is 9.98. The standard InChI is InChI=1S/C20H20N2O2S.ClH/c1-23-7-8-24-19-12-15-3-2-14(16-4-9-25-13-16)10-17(15)11-18(19)20-21-5-6-22-20;/h2-4,9-13H,5-8H2,1H3,(H,21,22);1H. The van der Waals surface area contributed by atoms with Crippen LogP contribution in [0.25, 0.3) is 21.9 Å². The number of halogens is 1. The number of amidine groups is 1. The van der Waals surface area contributed by atoms with Crippen molar-refractivity contribution in [3.63, 3.8) is 0 Å². The van der Waals surface area contributed by atoms with E-state index >= 15 is 0 Å². The van der Waals surface area contributed by atoms with Crippen molar-refractivity contribution in [3.8, 4) is 16.9 Å². The van der Waals surface area contributed by atoms with Gasteiger partial charge in [-0.15, -0.1) is 12.4 Å². The van der Waals surface area contributed by atoms with Crippen molar-refractivity contribution in [2.75, 3.05) is 33.4 Å². The third-order valence-electron chi connectivity index (χ3n) is 4.27. The molecule has 0 saturated heterocycles. The maximum Gasteiger partial charge on any atom is 0.132 e. The Kier molecular flexibility index (Phi) is 6.14. The lowest BCUT2D eigenvalue weighted by Gasteiger charge is -2.14. The van der Waals surface area contributed by atoms with E-state index in [4.69, 9.17) is 9.47 Å². The van der Waals surface area contributed by atoms with E-state index in [1.54, 1.807) is 18.4 Å². The number of hydrogen-bond donors (Lipinski definition) is 1. The highest BCUT2D eigenvalue weighted by Gasteiger charge is 2.15. The van der Waals surface area contributed by atoms with Crippen LogP contribution in [0.2, 0.25) is 0 Å². The Morgan fingerprint density at radius 3 is 2.73 bits per heavy atom. The third kappa shape index (κ3) is 3.85. The van der Waals surface area contributed by atoms with Gasteiger partial charge in [-0.2, -0.15) is 11.3 Å². The molecule has 0 saturated carbocycles. The lowest BCUT2D eigenvalue weighted by Crippen LogP contribution is -2.20. The van der Waals surface area contributed by atoms with Gasteiger partial charge in [0, 0.05) is 13.7 Å². The SMILES string of the molecule is COCCOc1cc2ccc(-c3ccsc3)cc2cc1C1=NCCN1.Cl. The molecule has 0 atom stereocenters. The fourth-order valence-electron chi connectivity index (χ4n) is 3.00. The quantitative estimate of drug-likeness (QED) is 0.638. The van der Waals surface area contributed by atoms with Crippen LogP contribution in [0.3, 0.4) is 0 Å². The zero-order valence-corrected chi connectivity index (χ0v) is 16.2. The lowest BCUT2D eigenvalue weighted by atomic mass is 10.0. The summed E-state index contributed by atoms with van der Waals surface area (Å²) >= 11 is 1.72. The van der Waals surface area contributed by atoms with E-state index in [0.717, 1.165) is 35.6 Å². The number of benzene rings is 2. The van der Waals surface area contributed by atoms with Gasteiger partial charge in [-0.25, -0.2) is 0 Å². The minimum Gasteiger partial charge on any atom is -0.490 e. The molecular formula is C20H21ClN2O2S. The van der Waals surface area contributed by atoms with Crippen LogP contribution >= 0.6 is 23.7 Å². The fourth-order valence-corrected chi connectivity index (χ4v) is 3.67. The Morgan fingerprint density at radius 1 is 1.08 bits per heavy atom. The van der Waals surface area contributed by atoms with E-state index in [-0.39, 0.29) is 12.4 Å². The maximum absolute atomic E-state index is 5.96. The Balaban J connectivity index is 0.00000196. The molecule has 6 heteroatoms. The zero-order valence-electron chi connectivity index (χ0n) is 14.5. The first-order valence-electron chi connectivity index (χ1n) is 8.36. The predicted molar refractivity (Wildman–Crippen MR) is 111 cm³/mol. The van der Waals surface area contributed by atoms with Gasteiger partial charge in [0.2, 0.25) is 0 Å². The average molecular weight is 389 g/mol. The molecular weight excluding hydrogens is 368 g/mol. The van der Waals surface area contributed by atoms with Crippen molar-refractivity contribution in [2.45, 2.75) is 0 Å². The average Bonchev–Trinajstić information content (AvgIpc) is 3.34. The number of thiophene rings is 1. The van der Waals surface area contributed by atoms with E-state index < -0.39 is 0 Å². The topological polar surface area (TPSA) is 42.9 Å². The third-order valence-corrected chi connectivity index (χ3v) is 4.95. The smallest absolute Gasteiger partial charge is 0.132 e. The van der Waals surface area contributed by atoms with Gasteiger partial charge >= 0.3 is 0 Å². The Labute approximate surface area is 163 Å². The van der Waals surface area contributed by atoms with Crippen LogP contribution in [-0.2, 0) is 4.74 Å². The molecule has 1 N–H and O–H groups in total. The molecule has 1 aliphatic heterocycles. The molecule has 1 aromatic heterocycles. The number of rotatable bonds is 6. The van der Waals surface area contributed by atoms with E-state index in [9.17, 15) is 0 Å². The van der Waals surface area contributed by atoms with E-state index in [2.05, 4.69) is 57.5 Å². The molecule has 136 valence electrons. The molecule has 4 rings (SSSR count). The summed E-state index contributed by atoms with van der Waals surface area (Å²) in [7, 11) is 1.68. The van der Waals surface area contributed by atoms with Crippen LogP contribution in [0, 0.1) is 0 Å². The van der Waals surface area contributed by atoms with Crippen LogP contribution in [0.5, 0.6) is 5.75 Å². The monoisotopic (exact) mass is 388 g/mol. The molecule has 4 nitrogen and oxygen atoms in total. The highest BCUT2D eigenvalue weighted by Crippen LogP contribution is 2.31. The molecule has 2 aromatic carbocycles. The first kappa shape index (κ1) is 18.7. The van der Waals surface area contributed by atoms with Crippen molar-refractivity contribution < 1.29 is 9.47 Å². The summed E-state index contributed by atoms with van der Waals surface area (Å²) in [6.07, 6.45) is 0. The van der Waals surface area contributed by atoms with Gasteiger partial charge in [0.05, 0.1) is 18.7 Å². The number of hydrogen-bond acceptors (Lipinski definition) is 5. The first-order valence-corrected chi connectivity index (χ1v) is 9.30. The molecule has 0 fully saturated rings. The Hall–Kier alpha value is -2.08. The number of methoxy groups -OCH3 is 1. The highest BCUT2D eigenvalue weighted by atomic mass is 35.5. The zero-order chi connectivity index (χ0) is 17.1. The minimum atomic E-state index is 0. The van der Waals surface area contributed by atoms with Gasteiger partial charge in [-0.05, 0) is 56.9 Å². The van der Waals surface area contributed by atoms with E-state index in [0.29, 0.717) is 13.2 Å². The van der Waals surface area contributed by atoms with Gasteiger partial charge in [-0.3, -0.25) is 4.99 Å². The lowest BCUT2D eigenvalue weighted by molar-refractivity contribution is 0.146. The van der Waals surface area contributed by atoms with Gasteiger partial charge in [-0.1, -0.05) is 12.1 Å². The molecule has 2 heterocycles. The maximum atomic E-state index is 5.96. The Morgan fingerprint density at radius 2 is 2.00 bits per heavy atom. The van der Waals surface area contributed by atoms with Crippen molar-refractivity contribution in [2.24, 2.45) is 4.99 Å². The summed E-state index contributed by atoms with van der Waals surface area (Å²) in [5.74, 6) is 1.76. The van der Waals surface area contributed by atoms with Gasteiger partial charge in [0.25, 0.3) is 0 Å². The Bertz CT molecular complexity index is 910. The molecule has 0 unspecified atom stereocenters. The summed E-state index contributed by atoms with van der Waals surface area (Å²) < 4.78 is 11.1. The van der Waals surface area contributed by atoms with Crippen molar-refractivity contribution >= 4 is 40.4 Å². The molecule has 0 bridgehead atoms. The molecule has 0 amide bonds. The van der Waals surface area contributed by atoms with Crippen LogP contribution in [0.15, 0.2) is 52.2 Å². The van der Waals surface area contributed by atoms with Crippen LogP contribution in [-0.4, -0.2) is 39.2 Å². The predicted octanol–water partition coefficient (Wildman–Crippen LogP) is 4.37. The van der Waals surface area contributed by atoms with Gasteiger partial charge in [0.15, 0.2) is 0 Å². The van der Waals surface area contributed by atoms with E-state index in [1.807, 2.05) is 0 Å². The summed E-state index contributed by atoms with van der Waals surface area (Å²) in [6.45, 7) is 2.77. The van der Waals surface area contributed by atoms with Gasteiger partial charge in [0.1, 0.15) is 18.2 Å². The summed E-state index contributed by atoms with van der Waals surface area (Å²) in [5.41, 5.74) is 3.50. The summed E-state index contributed by atoms with van der Waals surface area (Å²) in [6, 6.07) is 13.0. The highest BCUT2D eigenvalue weighted by molar-refractivity contribution is 7.08. The van der Waals surface area contributed by atoms with E-state index in [1.165, 1.54) is 16.5 Å². The second-order valence-corrected chi connectivity index (χ2v) is 6.70. The van der Waals surface area contributed by atoms with Crippen molar-refractivity contribution in [1.29, 1.82) is 0 Å². The normalized spacial score (nSPS) is 13.2. The molecule has 3 aromatic rings. The number of nitrogens with one attached hydrogen (secondary N) is 1. The van der Waals surface area contributed by atoms with Gasteiger partial charge < -0.3 is 14.8 Å². The first-order chi connectivity index (χ1) is 12.3. The molecule has 26 heavy (non-hydrogen) atoms. The second-order valence-electron chi connectivity index (χ2n) is 5.92. The van der Waals surface area contributed by atoms with Crippen LogP contribution < -0.4 is 10.1 Å². The summed E-state index contributed by atoms with van der Waals surface area (Å²) in [4.78, 5) is 4.57. The minimum absolute atomic E-state index is 0. The number of fused-ring (bicyclic) bond motifs is 1. The molecule has 0 spiro atoms. The van der Waals surface area contributed by atoms with Crippen molar-refractivity contribution in [3.05, 3.63) is 52.7 Å². The molecule has 0 radical (unpaired) electrons. The van der Waals surface area contributed by atoms with Crippen LogP contribution in [0.1, 0.15) is 5.56 Å². The molecule has 1 aliphatic rings.